The predicted octanol–water partition coefficient (Wildman–Crippen LogP) is 1.83. The molecule has 0 spiro atoms. The molecule has 0 amide bonds. The van der Waals surface area contributed by atoms with Crippen molar-refractivity contribution < 1.29 is 19.1 Å². The summed E-state index contributed by atoms with van der Waals surface area (Å²) in [5, 5.41) is 2.00. The standard InChI is InChI=1S/C12H16O4S/c1-2-16-12(14)8-10(13)9-15-6-5-11-4-3-7-17-11/h3-4,7H,2,5-6,8-9H2,1H3. The lowest BCUT2D eigenvalue weighted by atomic mass is 10.3. The summed E-state index contributed by atoms with van der Waals surface area (Å²) in [6, 6.07) is 4.00. The molecule has 0 fully saturated rings. The number of hydrogen-bond donors (Lipinski definition) is 0. The van der Waals surface area contributed by atoms with Crippen molar-refractivity contribution in [2.24, 2.45) is 0 Å². The van der Waals surface area contributed by atoms with Gasteiger partial charge in [0.2, 0.25) is 0 Å². The maximum Gasteiger partial charge on any atom is 0.313 e. The highest BCUT2D eigenvalue weighted by Crippen LogP contribution is 2.08. The summed E-state index contributed by atoms with van der Waals surface area (Å²) in [5.74, 6) is -0.728. The summed E-state index contributed by atoms with van der Waals surface area (Å²) < 4.78 is 9.86. The minimum absolute atomic E-state index is 0.0236. The fraction of sp³-hybridized carbons (Fsp3) is 0.500. The van der Waals surface area contributed by atoms with Gasteiger partial charge >= 0.3 is 5.97 Å². The molecule has 0 bridgehead atoms. The van der Waals surface area contributed by atoms with Crippen molar-refractivity contribution in [2.75, 3.05) is 19.8 Å². The number of rotatable bonds is 8. The van der Waals surface area contributed by atoms with Crippen LogP contribution in [0.5, 0.6) is 0 Å². The molecule has 1 aromatic rings. The molecule has 5 heteroatoms. The van der Waals surface area contributed by atoms with E-state index in [1.807, 2.05) is 17.5 Å². The Labute approximate surface area is 105 Å². The molecule has 17 heavy (non-hydrogen) atoms. The third-order valence-corrected chi connectivity index (χ3v) is 2.92. The average Bonchev–Trinajstić information content (AvgIpc) is 2.77. The summed E-state index contributed by atoms with van der Waals surface area (Å²) in [5.41, 5.74) is 0. The maximum atomic E-state index is 11.3. The number of ketones is 1. The molecule has 0 radical (unpaired) electrons. The van der Waals surface area contributed by atoms with Gasteiger partial charge in [0, 0.05) is 11.3 Å². The van der Waals surface area contributed by atoms with E-state index >= 15 is 0 Å². The molecule has 0 N–H and O–H groups in total. The monoisotopic (exact) mass is 256 g/mol. The summed E-state index contributed by atoms with van der Waals surface area (Å²) in [6.45, 7) is 2.48. The van der Waals surface area contributed by atoms with Crippen molar-refractivity contribution in [1.82, 2.24) is 0 Å². The molecule has 0 aromatic carbocycles. The Morgan fingerprint density at radius 3 is 2.88 bits per heavy atom. The fourth-order valence-corrected chi connectivity index (χ4v) is 1.93. The summed E-state index contributed by atoms with van der Waals surface area (Å²) in [6.07, 6.45) is 0.594. The van der Waals surface area contributed by atoms with Gasteiger partial charge in [-0.05, 0) is 18.4 Å². The van der Waals surface area contributed by atoms with Gasteiger partial charge in [-0.25, -0.2) is 0 Å². The zero-order valence-corrected chi connectivity index (χ0v) is 10.6. The third-order valence-electron chi connectivity index (χ3n) is 1.98. The number of ether oxygens (including phenoxy) is 2. The molecule has 1 aromatic heterocycles. The molecule has 0 atom stereocenters. The van der Waals surface area contributed by atoms with Crippen LogP contribution in [0.25, 0.3) is 0 Å². The maximum absolute atomic E-state index is 11.3. The lowest BCUT2D eigenvalue weighted by molar-refractivity contribution is -0.146. The van der Waals surface area contributed by atoms with E-state index in [2.05, 4.69) is 4.74 Å². The second-order valence-electron chi connectivity index (χ2n) is 3.40. The van der Waals surface area contributed by atoms with E-state index in [4.69, 9.17) is 4.74 Å². The second kappa shape index (κ2) is 7.97. The SMILES string of the molecule is CCOC(=O)CC(=O)COCCc1cccs1. The van der Waals surface area contributed by atoms with Gasteiger partial charge in [0.1, 0.15) is 13.0 Å². The number of esters is 1. The van der Waals surface area contributed by atoms with E-state index in [1.54, 1.807) is 18.3 Å². The van der Waals surface area contributed by atoms with Crippen LogP contribution < -0.4 is 0 Å². The first-order valence-electron chi connectivity index (χ1n) is 5.49. The highest BCUT2D eigenvalue weighted by Gasteiger charge is 2.10. The van der Waals surface area contributed by atoms with Crippen LogP contribution >= 0.6 is 11.3 Å². The lowest BCUT2D eigenvalue weighted by Crippen LogP contribution is -2.16. The Kier molecular flexibility index (Phi) is 6.50. The molecule has 1 rings (SSSR count). The van der Waals surface area contributed by atoms with E-state index in [1.165, 1.54) is 4.88 Å². The van der Waals surface area contributed by atoms with Gasteiger partial charge in [-0.1, -0.05) is 6.07 Å². The van der Waals surface area contributed by atoms with Gasteiger partial charge in [0.05, 0.1) is 13.2 Å². The quantitative estimate of drug-likeness (QED) is 0.404. The topological polar surface area (TPSA) is 52.6 Å². The fourth-order valence-electron chi connectivity index (χ4n) is 1.24. The molecule has 0 saturated carbocycles. The van der Waals surface area contributed by atoms with Crippen molar-refractivity contribution in [1.29, 1.82) is 0 Å². The molecule has 4 nitrogen and oxygen atoms in total. The summed E-state index contributed by atoms with van der Waals surface area (Å²) >= 11 is 1.66. The van der Waals surface area contributed by atoms with Crippen molar-refractivity contribution in [3.63, 3.8) is 0 Å². The Bertz CT molecular complexity index is 345. The van der Waals surface area contributed by atoms with E-state index < -0.39 is 5.97 Å². The van der Waals surface area contributed by atoms with E-state index in [9.17, 15) is 9.59 Å². The van der Waals surface area contributed by atoms with Crippen LogP contribution in [0.2, 0.25) is 0 Å². The van der Waals surface area contributed by atoms with E-state index in [0.29, 0.717) is 13.2 Å². The average molecular weight is 256 g/mol. The van der Waals surface area contributed by atoms with Gasteiger partial charge in [-0.15, -0.1) is 11.3 Å². The zero-order chi connectivity index (χ0) is 12.5. The molecule has 0 aliphatic rings. The van der Waals surface area contributed by atoms with Crippen molar-refractivity contribution in [2.45, 2.75) is 19.8 Å². The molecule has 0 unspecified atom stereocenters. The van der Waals surface area contributed by atoms with Crippen LogP contribution in [0.4, 0.5) is 0 Å². The van der Waals surface area contributed by atoms with Crippen LogP contribution in [0, 0.1) is 0 Å². The number of Topliss-reactive ketones (excluding diaryl/α,β-unsaturated/α-hetero) is 1. The lowest BCUT2D eigenvalue weighted by Gasteiger charge is -2.03. The first kappa shape index (κ1) is 13.9. The van der Waals surface area contributed by atoms with E-state index in [0.717, 1.165) is 6.42 Å². The highest BCUT2D eigenvalue weighted by molar-refractivity contribution is 7.09. The normalized spacial score (nSPS) is 10.2. The Hall–Kier alpha value is -1.20. The number of hydrogen-bond acceptors (Lipinski definition) is 5. The van der Waals surface area contributed by atoms with Crippen LogP contribution in [-0.2, 0) is 25.5 Å². The molecule has 0 saturated heterocycles. The van der Waals surface area contributed by atoms with Gasteiger partial charge in [0.25, 0.3) is 0 Å². The molecule has 1 heterocycles. The number of thiophene rings is 1. The van der Waals surface area contributed by atoms with Crippen LogP contribution in [0.1, 0.15) is 18.2 Å². The van der Waals surface area contributed by atoms with Crippen LogP contribution in [-0.4, -0.2) is 31.6 Å². The van der Waals surface area contributed by atoms with Gasteiger partial charge in [-0.2, -0.15) is 0 Å². The second-order valence-corrected chi connectivity index (χ2v) is 4.43. The van der Waals surface area contributed by atoms with Crippen LogP contribution in [0.3, 0.4) is 0 Å². The first-order valence-corrected chi connectivity index (χ1v) is 6.37. The largest absolute Gasteiger partial charge is 0.466 e. The molecule has 94 valence electrons. The highest BCUT2D eigenvalue weighted by atomic mass is 32.1. The van der Waals surface area contributed by atoms with Gasteiger partial charge in [-0.3, -0.25) is 9.59 Å². The van der Waals surface area contributed by atoms with E-state index in [-0.39, 0.29) is 18.8 Å². The smallest absolute Gasteiger partial charge is 0.313 e. The van der Waals surface area contributed by atoms with Gasteiger partial charge < -0.3 is 9.47 Å². The van der Waals surface area contributed by atoms with Crippen molar-refractivity contribution in [3.8, 4) is 0 Å². The summed E-state index contributed by atoms with van der Waals surface area (Å²) in [7, 11) is 0. The molecule has 0 aliphatic heterocycles. The molecular formula is C12H16O4S. The Morgan fingerprint density at radius 2 is 2.24 bits per heavy atom. The third kappa shape index (κ3) is 6.19. The predicted molar refractivity (Wildman–Crippen MR) is 65.1 cm³/mol. The minimum atomic E-state index is -0.487. The van der Waals surface area contributed by atoms with Crippen molar-refractivity contribution >= 4 is 23.1 Å². The number of carbonyl (C=O) groups is 2. The van der Waals surface area contributed by atoms with Crippen LogP contribution in [0.15, 0.2) is 17.5 Å². The van der Waals surface area contributed by atoms with Crippen molar-refractivity contribution in [3.05, 3.63) is 22.4 Å². The molecular weight excluding hydrogens is 240 g/mol. The minimum Gasteiger partial charge on any atom is -0.466 e. The first-order chi connectivity index (χ1) is 8.22. The van der Waals surface area contributed by atoms with Gasteiger partial charge in [0.15, 0.2) is 5.78 Å². The summed E-state index contributed by atoms with van der Waals surface area (Å²) in [4.78, 5) is 23.5. The zero-order valence-electron chi connectivity index (χ0n) is 9.81. The Morgan fingerprint density at radius 1 is 1.41 bits per heavy atom. The number of carbonyl (C=O) groups excluding carboxylic acids is 2. The molecule has 0 aliphatic carbocycles. The Balaban J connectivity index is 2.06.